The van der Waals surface area contributed by atoms with Crippen LogP contribution < -0.4 is 10.5 Å². The van der Waals surface area contributed by atoms with Crippen LogP contribution in [0.25, 0.3) is 22.7 Å². The van der Waals surface area contributed by atoms with Crippen LogP contribution in [0.4, 0.5) is 5.95 Å². The van der Waals surface area contributed by atoms with E-state index in [9.17, 15) is 4.79 Å². The van der Waals surface area contributed by atoms with E-state index in [0.29, 0.717) is 17.2 Å². The number of rotatable bonds is 3. The summed E-state index contributed by atoms with van der Waals surface area (Å²) >= 11 is 0. The molecule has 1 aliphatic rings. The van der Waals surface area contributed by atoms with Gasteiger partial charge in [0, 0.05) is 30.9 Å². The molecule has 0 aliphatic carbocycles. The van der Waals surface area contributed by atoms with Crippen molar-refractivity contribution >= 4 is 11.6 Å². The molecule has 0 bridgehead atoms. The molecule has 10 heteroatoms. The summed E-state index contributed by atoms with van der Waals surface area (Å²) in [6, 6.07) is 4.99. The molecule has 136 valence electrons. The first kappa shape index (κ1) is 15.7. The summed E-state index contributed by atoms with van der Waals surface area (Å²) in [5, 5.41) is 15.2. The van der Waals surface area contributed by atoms with Gasteiger partial charge in [0.1, 0.15) is 6.33 Å². The lowest BCUT2D eigenvalue weighted by molar-refractivity contribution is 0.774. The molecule has 1 fully saturated rings. The lowest BCUT2D eigenvalue weighted by atomic mass is 10.2. The second kappa shape index (κ2) is 6.01. The standard InChI is InChI=1S/C17H17N9O/c1-11-12(9-18-17(20-11)24-6-2-3-7-24)13-8-16(27)26(22-13)15-5-4-14-21-19-10-25(14)23-15/h4-5,8-10,22H,2-3,6-7H2,1H3. The third-order valence-electron chi connectivity index (χ3n) is 4.74. The van der Waals surface area contributed by atoms with E-state index in [0.717, 1.165) is 30.3 Å². The third kappa shape index (κ3) is 2.65. The van der Waals surface area contributed by atoms with Crippen molar-refractivity contribution in [2.24, 2.45) is 0 Å². The maximum absolute atomic E-state index is 12.5. The third-order valence-corrected chi connectivity index (χ3v) is 4.74. The lowest BCUT2D eigenvalue weighted by Gasteiger charge is -2.15. The van der Waals surface area contributed by atoms with Crippen molar-refractivity contribution in [3.63, 3.8) is 0 Å². The van der Waals surface area contributed by atoms with E-state index in [2.05, 4.69) is 35.3 Å². The molecule has 0 atom stereocenters. The molecule has 0 saturated carbocycles. The van der Waals surface area contributed by atoms with Crippen LogP contribution in [-0.4, -0.2) is 52.6 Å². The predicted octanol–water partition coefficient (Wildman–Crippen LogP) is 0.969. The van der Waals surface area contributed by atoms with Crippen molar-refractivity contribution in [2.75, 3.05) is 18.0 Å². The molecule has 5 heterocycles. The molecule has 1 saturated heterocycles. The highest BCUT2D eigenvalue weighted by molar-refractivity contribution is 5.61. The van der Waals surface area contributed by atoms with Crippen LogP contribution in [0.15, 0.2) is 35.5 Å². The van der Waals surface area contributed by atoms with Gasteiger partial charge in [-0.25, -0.2) is 9.97 Å². The first-order valence-corrected chi connectivity index (χ1v) is 8.77. The summed E-state index contributed by atoms with van der Waals surface area (Å²) < 4.78 is 2.89. The number of fused-ring (bicyclic) bond motifs is 1. The number of aryl methyl sites for hydroxylation is 1. The number of nitrogens with zero attached hydrogens (tertiary/aromatic N) is 8. The molecule has 1 N–H and O–H groups in total. The predicted molar refractivity (Wildman–Crippen MR) is 97.9 cm³/mol. The van der Waals surface area contributed by atoms with E-state index in [-0.39, 0.29) is 5.56 Å². The largest absolute Gasteiger partial charge is 0.341 e. The Bertz CT molecular complexity index is 1180. The first-order valence-electron chi connectivity index (χ1n) is 8.77. The number of nitrogens with one attached hydrogen (secondary N) is 1. The van der Waals surface area contributed by atoms with Gasteiger partial charge in [-0.1, -0.05) is 0 Å². The highest BCUT2D eigenvalue weighted by Gasteiger charge is 2.17. The van der Waals surface area contributed by atoms with E-state index < -0.39 is 0 Å². The Morgan fingerprint density at radius 1 is 1.19 bits per heavy atom. The maximum Gasteiger partial charge on any atom is 0.273 e. The van der Waals surface area contributed by atoms with Crippen LogP contribution in [0, 0.1) is 6.92 Å². The van der Waals surface area contributed by atoms with E-state index in [1.54, 1.807) is 18.3 Å². The molecule has 0 aromatic carbocycles. The highest BCUT2D eigenvalue weighted by Crippen LogP contribution is 2.22. The van der Waals surface area contributed by atoms with Gasteiger partial charge in [-0.3, -0.25) is 9.89 Å². The van der Waals surface area contributed by atoms with Crippen LogP contribution in [0.2, 0.25) is 0 Å². The molecule has 0 amide bonds. The van der Waals surface area contributed by atoms with Gasteiger partial charge in [-0.05, 0) is 31.9 Å². The van der Waals surface area contributed by atoms with Crippen molar-refractivity contribution in [2.45, 2.75) is 19.8 Å². The normalized spacial score (nSPS) is 14.3. The van der Waals surface area contributed by atoms with Crippen molar-refractivity contribution in [3.8, 4) is 17.1 Å². The van der Waals surface area contributed by atoms with Crippen molar-refractivity contribution in [3.05, 3.63) is 46.8 Å². The van der Waals surface area contributed by atoms with Gasteiger partial charge in [0.2, 0.25) is 5.95 Å². The summed E-state index contributed by atoms with van der Waals surface area (Å²) in [6.45, 7) is 3.90. The highest BCUT2D eigenvalue weighted by atomic mass is 16.1. The SMILES string of the molecule is Cc1nc(N2CCCC2)ncc1-c1cc(=O)n(-c2ccc3nncn3n2)[nH]1. The summed E-state index contributed by atoms with van der Waals surface area (Å²) in [5.74, 6) is 1.20. The Morgan fingerprint density at radius 2 is 2.04 bits per heavy atom. The molecule has 5 rings (SSSR count). The Balaban J connectivity index is 1.53. The molecule has 10 nitrogen and oxygen atoms in total. The molecule has 27 heavy (non-hydrogen) atoms. The molecular formula is C17H17N9O. The van der Waals surface area contributed by atoms with Crippen molar-refractivity contribution in [1.29, 1.82) is 0 Å². The van der Waals surface area contributed by atoms with Gasteiger partial charge >= 0.3 is 0 Å². The van der Waals surface area contributed by atoms with Crippen molar-refractivity contribution < 1.29 is 0 Å². The lowest BCUT2D eigenvalue weighted by Crippen LogP contribution is -2.20. The quantitative estimate of drug-likeness (QED) is 0.577. The number of hydrogen-bond acceptors (Lipinski definition) is 7. The number of aromatic amines is 1. The Kier molecular flexibility index (Phi) is 3.49. The van der Waals surface area contributed by atoms with Crippen LogP contribution in [0.3, 0.4) is 0 Å². The molecule has 0 spiro atoms. The molecule has 1 aliphatic heterocycles. The summed E-state index contributed by atoms with van der Waals surface area (Å²) in [7, 11) is 0. The van der Waals surface area contributed by atoms with Crippen LogP contribution in [0.1, 0.15) is 18.5 Å². The molecular weight excluding hydrogens is 346 g/mol. The fourth-order valence-corrected chi connectivity index (χ4v) is 3.33. The summed E-state index contributed by atoms with van der Waals surface area (Å²) in [5.41, 5.74) is 2.66. The fraction of sp³-hybridized carbons (Fsp3) is 0.294. The van der Waals surface area contributed by atoms with Gasteiger partial charge in [0.15, 0.2) is 11.5 Å². The van der Waals surface area contributed by atoms with Gasteiger partial charge in [0.05, 0.1) is 11.4 Å². The molecule has 4 aromatic heterocycles. The van der Waals surface area contributed by atoms with Gasteiger partial charge in [-0.15, -0.1) is 15.3 Å². The summed E-state index contributed by atoms with van der Waals surface area (Å²) in [4.78, 5) is 23.8. The van der Waals surface area contributed by atoms with Gasteiger partial charge in [0.25, 0.3) is 5.56 Å². The average molecular weight is 363 g/mol. The van der Waals surface area contributed by atoms with E-state index in [4.69, 9.17) is 0 Å². The topological polar surface area (TPSA) is 110 Å². The maximum atomic E-state index is 12.5. The van der Waals surface area contributed by atoms with Gasteiger partial charge < -0.3 is 4.90 Å². The minimum atomic E-state index is -0.215. The van der Waals surface area contributed by atoms with Crippen molar-refractivity contribution in [1.82, 2.24) is 39.6 Å². The fourth-order valence-electron chi connectivity index (χ4n) is 3.33. The van der Waals surface area contributed by atoms with E-state index in [1.807, 2.05) is 6.92 Å². The number of H-pyrrole nitrogens is 1. The van der Waals surface area contributed by atoms with Gasteiger partial charge in [-0.2, -0.15) is 9.20 Å². The molecule has 0 unspecified atom stereocenters. The van der Waals surface area contributed by atoms with Crippen LogP contribution in [-0.2, 0) is 0 Å². The summed E-state index contributed by atoms with van der Waals surface area (Å²) in [6.07, 6.45) is 5.60. The minimum absolute atomic E-state index is 0.215. The van der Waals surface area contributed by atoms with E-state index in [1.165, 1.54) is 34.4 Å². The smallest absolute Gasteiger partial charge is 0.273 e. The molecule has 0 radical (unpaired) electrons. The first-order chi connectivity index (χ1) is 13.2. The number of aromatic nitrogens is 8. The second-order valence-electron chi connectivity index (χ2n) is 6.53. The Labute approximate surface area is 153 Å². The average Bonchev–Trinajstić information content (AvgIpc) is 3.41. The minimum Gasteiger partial charge on any atom is -0.341 e. The zero-order valence-corrected chi connectivity index (χ0v) is 14.7. The Hall–Kier alpha value is -3.56. The zero-order chi connectivity index (χ0) is 18.4. The zero-order valence-electron chi connectivity index (χ0n) is 14.7. The Morgan fingerprint density at radius 3 is 2.85 bits per heavy atom. The second-order valence-corrected chi connectivity index (χ2v) is 6.53. The number of anilines is 1. The molecule has 4 aromatic rings. The van der Waals surface area contributed by atoms with E-state index >= 15 is 0 Å². The monoisotopic (exact) mass is 363 g/mol. The van der Waals surface area contributed by atoms with Crippen LogP contribution in [0.5, 0.6) is 0 Å². The number of hydrogen-bond donors (Lipinski definition) is 1. The van der Waals surface area contributed by atoms with Crippen LogP contribution >= 0.6 is 0 Å².